The van der Waals surface area contributed by atoms with Gasteiger partial charge < -0.3 is 0 Å². The van der Waals surface area contributed by atoms with Gasteiger partial charge in [0.05, 0.1) is 0 Å². The van der Waals surface area contributed by atoms with E-state index < -0.39 is 3.79 Å². The summed E-state index contributed by atoms with van der Waals surface area (Å²) in [5.41, 5.74) is 0. The Bertz CT molecular complexity index is 470. The molecule has 2 rings (SSSR count). The molecule has 2 nitrogen and oxygen atoms in total. The molecule has 1 aliphatic rings. The van der Waals surface area contributed by atoms with Crippen LogP contribution in [0.15, 0.2) is 39.0 Å². The lowest BCUT2D eigenvalue weighted by atomic mass is 10.4. The Morgan fingerprint density at radius 3 is 2.19 bits per heavy atom. The van der Waals surface area contributed by atoms with Crippen molar-refractivity contribution in [1.29, 1.82) is 0 Å². The number of carbonyl (C=O) groups is 1. The van der Waals surface area contributed by atoms with Crippen molar-refractivity contribution in [1.82, 2.24) is 0 Å². The molecule has 0 aromatic heterocycles. The third kappa shape index (κ3) is 2.87. The van der Waals surface area contributed by atoms with E-state index in [0.717, 1.165) is 21.6 Å². The quantitative estimate of drug-likeness (QED) is 0.646. The highest BCUT2D eigenvalue weighted by Gasteiger charge is 2.32. The number of rotatable bonds is 0. The summed E-state index contributed by atoms with van der Waals surface area (Å²) in [5, 5.41) is -0.196. The lowest BCUT2D eigenvalue weighted by Crippen LogP contribution is -2.15. The Morgan fingerprint density at radius 1 is 1.06 bits per heavy atom. The molecular formula is C9H4Cl3NOS2. The van der Waals surface area contributed by atoms with Crippen LogP contribution in [0.5, 0.6) is 0 Å². The minimum Gasteiger partial charge on any atom is -0.259 e. The number of nitrogens with zero attached hydrogens (tertiary/aromatic N) is 1. The van der Waals surface area contributed by atoms with E-state index in [1.165, 1.54) is 11.8 Å². The van der Waals surface area contributed by atoms with Crippen molar-refractivity contribution in [2.75, 3.05) is 0 Å². The highest BCUT2D eigenvalue weighted by atomic mass is 35.6. The molecular weight excluding hydrogens is 309 g/mol. The number of carbonyl (C=O) groups excluding carboxylic acids is 1. The summed E-state index contributed by atoms with van der Waals surface area (Å²) in [5.74, 6) is 0. The van der Waals surface area contributed by atoms with Gasteiger partial charge in [-0.25, -0.2) is 0 Å². The number of fused-ring (bicyclic) bond motifs is 1. The van der Waals surface area contributed by atoms with Gasteiger partial charge in [0.1, 0.15) is 5.04 Å². The van der Waals surface area contributed by atoms with Crippen LogP contribution in [0.4, 0.5) is 4.79 Å². The molecule has 0 atom stereocenters. The van der Waals surface area contributed by atoms with E-state index in [-0.39, 0.29) is 10.3 Å². The molecule has 0 saturated heterocycles. The van der Waals surface area contributed by atoms with Crippen LogP contribution in [0.3, 0.4) is 0 Å². The minimum atomic E-state index is -1.67. The lowest BCUT2D eigenvalue weighted by molar-refractivity contribution is 0.267. The summed E-state index contributed by atoms with van der Waals surface area (Å²) < 4.78 is -1.67. The fraction of sp³-hybridized carbons (Fsp3) is 0.111. The van der Waals surface area contributed by atoms with Gasteiger partial charge in [0.2, 0.25) is 3.79 Å². The Kier molecular flexibility index (Phi) is 3.76. The maximum Gasteiger partial charge on any atom is 0.310 e. The molecule has 1 aliphatic heterocycles. The third-order valence-corrected chi connectivity index (χ3v) is 4.70. The van der Waals surface area contributed by atoms with Gasteiger partial charge in [-0.1, -0.05) is 58.7 Å². The number of hydrogen-bond donors (Lipinski definition) is 0. The van der Waals surface area contributed by atoms with E-state index >= 15 is 0 Å². The summed E-state index contributed by atoms with van der Waals surface area (Å²) >= 11 is 19.4. The molecule has 1 heterocycles. The lowest BCUT2D eigenvalue weighted by Gasteiger charge is -2.12. The van der Waals surface area contributed by atoms with E-state index in [2.05, 4.69) is 4.99 Å². The molecule has 1 aromatic rings. The summed E-state index contributed by atoms with van der Waals surface area (Å²) in [6, 6.07) is 7.40. The Morgan fingerprint density at radius 2 is 1.62 bits per heavy atom. The van der Waals surface area contributed by atoms with Gasteiger partial charge in [-0.15, -0.1) is 0 Å². The molecule has 0 radical (unpaired) electrons. The van der Waals surface area contributed by atoms with Crippen molar-refractivity contribution in [3.05, 3.63) is 24.3 Å². The summed E-state index contributed by atoms with van der Waals surface area (Å²) in [7, 11) is 0. The third-order valence-electron chi connectivity index (χ3n) is 1.69. The maximum absolute atomic E-state index is 11.5. The second kappa shape index (κ2) is 4.78. The van der Waals surface area contributed by atoms with Crippen LogP contribution < -0.4 is 0 Å². The second-order valence-electron chi connectivity index (χ2n) is 2.83. The normalized spacial score (nSPS) is 16.4. The van der Waals surface area contributed by atoms with Crippen LogP contribution in [-0.2, 0) is 0 Å². The van der Waals surface area contributed by atoms with Crippen LogP contribution >= 0.6 is 58.3 Å². The van der Waals surface area contributed by atoms with E-state index in [9.17, 15) is 4.79 Å². The highest BCUT2D eigenvalue weighted by Crippen LogP contribution is 2.42. The molecule has 0 N–H and O–H groups in total. The predicted molar refractivity (Wildman–Crippen MR) is 71.3 cm³/mol. The highest BCUT2D eigenvalue weighted by molar-refractivity contribution is 8.18. The Balaban J connectivity index is 2.44. The summed E-state index contributed by atoms with van der Waals surface area (Å²) in [4.78, 5) is 16.9. The molecule has 0 aliphatic carbocycles. The van der Waals surface area contributed by atoms with Crippen molar-refractivity contribution in [2.24, 2.45) is 4.99 Å². The smallest absolute Gasteiger partial charge is 0.259 e. The molecule has 84 valence electrons. The number of hydrogen-bond acceptors (Lipinski definition) is 3. The number of thioether (sulfide) groups is 2. The van der Waals surface area contributed by atoms with E-state index in [0.29, 0.717) is 0 Å². The fourth-order valence-electron chi connectivity index (χ4n) is 1.07. The molecule has 0 spiro atoms. The van der Waals surface area contributed by atoms with Crippen molar-refractivity contribution in [3.63, 3.8) is 0 Å². The van der Waals surface area contributed by atoms with Gasteiger partial charge >= 0.3 is 5.24 Å². The topological polar surface area (TPSA) is 29.4 Å². The number of aliphatic imine (C=N–C) groups is 1. The first-order valence-electron chi connectivity index (χ1n) is 4.11. The molecule has 0 fully saturated rings. The standard InChI is InChI=1S/C9H4Cl3NOS2/c10-9(11,12)7-13-8(14)16-6-4-2-1-3-5(6)15-7/h1-4H. The van der Waals surface area contributed by atoms with Gasteiger partial charge in [0.15, 0.2) is 0 Å². The van der Waals surface area contributed by atoms with E-state index in [1.54, 1.807) is 0 Å². The van der Waals surface area contributed by atoms with E-state index in [4.69, 9.17) is 34.8 Å². The van der Waals surface area contributed by atoms with Gasteiger partial charge in [-0.3, -0.25) is 4.79 Å². The summed E-state index contributed by atoms with van der Waals surface area (Å²) in [6.45, 7) is 0. The van der Waals surface area contributed by atoms with Gasteiger partial charge in [0, 0.05) is 9.79 Å². The van der Waals surface area contributed by atoms with Crippen LogP contribution in [0.25, 0.3) is 0 Å². The van der Waals surface area contributed by atoms with Crippen molar-refractivity contribution in [3.8, 4) is 0 Å². The molecule has 0 saturated carbocycles. The zero-order chi connectivity index (χ0) is 11.8. The van der Waals surface area contributed by atoms with Crippen LogP contribution in [0.1, 0.15) is 0 Å². The van der Waals surface area contributed by atoms with Crippen molar-refractivity contribution < 1.29 is 4.79 Å². The monoisotopic (exact) mass is 311 g/mol. The largest absolute Gasteiger partial charge is 0.310 e. The first-order chi connectivity index (χ1) is 7.47. The zero-order valence-electron chi connectivity index (χ0n) is 7.62. The van der Waals surface area contributed by atoms with Crippen molar-refractivity contribution in [2.45, 2.75) is 13.6 Å². The first kappa shape index (κ1) is 12.6. The number of amides is 1. The number of alkyl halides is 3. The van der Waals surface area contributed by atoms with Gasteiger partial charge in [-0.05, 0) is 23.9 Å². The fourth-order valence-corrected chi connectivity index (χ4v) is 3.26. The van der Waals surface area contributed by atoms with Crippen LogP contribution in [-0.4, -0.2) is 14.1 Å². The Hall–Kier alpha value is 0.130. The average molecular weight is 313 g/mol. The number of halogens is 3. The molecule has 0 bridgehead atoms. The van der Waals surface area contributed by atoms with Crippen molar-refractivity contribution >= 4 is 68.6 Å². The number of benzene rings is 1. The predicted octanol–water partition coefficient (Wildman–Crippen LogP) is 4.77. The van der Waals surface area contributed by atoms with E-state index in [1.807, 2.05) is 24.3 Å². The molecule has 16 heavy (non-hydrogen) atoms. The minimum absolute atomic E-state index is 0.181. The molecule has 1 amide bonds. The first-order valence-corrected chi connectivity index (χ1v) is 6.88. The van der Waals surface area contributed by atoms with Crippen LogP contribution in [0, 0.1) is 0 Å². The Labute approximate surface area is 116 Å². The molecule has 0 unspecified atom stereocenters. The SMILES string of the molecule is O=C1N=C(C(Cl)(Cl)Cl)Sc2ccccc2S1. The molecule has 7 heteroatoms. The average Bonchev–Trinajstić information content (AvgIpc) is 2.34. The van der Waals surface area contributed by atoms with Gasteiger partial charge in [0.25, 0.3) is 0 Å². The molecule has 1 aromatic carbocycles. The second-order valence-corrected chi connectivity index (χ2v) is 7.14. The van der Waals surface area contributed by atoms with Crippen LogP contribution in [0.2, 0.25) is 0 Å². The maximum atomic E-state index is 11.5. The zero-order valence-corrected chi connectivity index (χ0v) is 11.5. The van der Waals surface area contributed by atoms with Gasteiger partial charge in [-0.2, -0.15) is 4.99 Å². The summed E-state index contributed by atoms with van der Waals surface area (Å²) in [6.07, 6.45) is 0.